The lowest BCUT2D eigenvalue weighted by Gasteiger charge is -2.18. The normalized spacial score (nSPS) is 11.5. The number of hydrogen-bond acceptors (Lipinski definition) is 5. The van der Waals surface area contributed by atoms with Gasteiger partial charge in [0.15, 0.2) is 0 Å². The van der Waals surface area contributed by atoms with Crippen molar-refractivity contribution in [1.82, 2.24) is 19.9 Å². The van der Waals surface area contributed by atoms with E-state index in [0.717, 1.165) is 11.1 Å². The maximum atomic E-state index is 12.5. The van der Waals surface area contributed by atoms with Crippen molar-refractivity contribution in [3.05, 3.63) is 53.7 Å². The first kappa shape index (κ1) is 23.6. The van der Waals surface area contributed by atoms with E-state index in [1.807, 2.05) is 19.9 Å². The number of sulfonamides is 1. The van der Waals surface area contributed by atoms with Crippen molar-refractivity contribution >= 4 is 16.1 Å². The number of nitrogens with one attached hydrogen (secondary N) is 2. The molecule has 0 aliphatic rings. The molecule has 0 atom stereocenters. The second-order valence-corrected chi connectivity index (χ2v) is 8.84. The number of ether oxygens (including phenoxy) is 1. The molecule has 0 saturated heterocycles. The molecular formula is C21H30N4O4S. The van der Waals surface area contributed by atoms with E-state index in [1.54, 1.807) is 50.4 Å². The molecule has 0 fully saturated rings. The van der Waals surface area contributed by atoms with Crippen molar-refractivity contribution in [3.8, 4) is 5.88 Å². The minimum atomic E-state index is -3.49. The molecule has 0 unspecified atom stereocenters. The number of aromatic nitrogens is 1. The van der Waals surface area contributed by atoms with Crippen LogP contribution in [0.15, 0.2) is 47.5 Å². The average Bonchev–Trinajstić information content (AvgIpc) is 2.72. The number of amides is 2. The van der Waals surface area contributed by atoms with Crippen molar-refractivity contribution in [2.75, 3.05) is 13.1 Å². The summed E-state index contributed by atoms with van der Waals surface area (Å²) in [6.07, 6.45) is 1.63. The first-order chi connectivity index (χ1) is 14.3. The molecule has 9 heteroatoms. The van der Waals surface area contributed by atoms with Gasteiger partial charge in [-0.15, -0.1) is 0 Å². The standard InChI is InChI=1S/C21H30N4O4S/c1-5-25(6-2)30(27,28)19-11-9-17(10-12-19)14-23-21(26)24-15-18-8-7-13-22-20(18)29-16(3)4/h7-13,16H,5-6,14-15H2,1-4H3,(H2,23,24,26). The van der Waals surface area contributed by atoms with E-state index in [4.69, 9.17) is 4.74 Å². The fourth-order valence-electron chi connectivity index (χ4n) is 2.80. The second-order valence-electron chi connectivity index (χ2n) is 6.90. The number of hydrogen-bond donors (Lipinski definition) is 2. The van der Waals surface area contributed by atoms with Gasteiger partial charge in [0.05, 0.1) is 11.0 Å². The van der Waals surface area contributed by atoms with Gasteiger partial charge in [0, 0.05) is 37.9 Å². The number of benzene rings is 1. The smallest absolute Gasteiger partial charge is 0.315 e. The highest BCUT2D eigenvalue weighted by atomic mass is 32.2. The van der Waals surface area contributed by atoms with Crippen LogP contribution < -0.4 is 15.4 Å². The summed E-state index contributed by atoms with van der Waals surface area (Å²) in [5.74, 6) is 0.498. The van der Waals surface area contributed by atoms with Crippen LogP contribution in [0.4, 0.5) is 4.79 Å². The van der Waals surface area contributed by atoms with Gasteiger partial charge in [-0.05, 0) is 37.6 Å². The van der Waals surface area contributed by atoms with Crippen molar-refractivity contribution in [3.63, 3.8) is 0 Å². The molecule has 0 aliphatic carbocycles. The van der Waals surface area contributed by atoms with Crippen LogP contribution >= 0.6 is 0 Å². The Hall–Kier alpha value is -2.65. The molecule has 2 aromatic rings. The first-order valence-electron chi connectivity index (χ1n) is 9.99. The molecule has 1 aromatic carbocycles. The predicted molar refractivity (Wildman–Crippen MR) is 116 cm³/mol. The molecule has 0 radical (unpaired) electrons. The lowest BCUT2D eigenvalue weighted by Crippen LogP contribution is -2.34. The number of carbonyl (C=O) groups is 1. The Morgan fingerprint density at radius 1 is 1.07 bits per heavy atom. The summed E-state index contributed by atoms with van der Waals surface area (Å²) in [5, 5.41) is 5.54. The summed E-state index contributed by atoms with van der Waals surface area (Å²) in [6, 6.07) is 9.82. The van der Waals surface area contributed by atoms with Gasteiger partial charge in [-0.25, -0.2) is 18.2 Å². The van der Waals surface area contributed by atoms with E-state index in [2.05, 4.69) is 15.6 Å². The van der Waals surface area contributed by atoms with Crippen LogP contribution in [0.2, 0.25) is 0 Å². The minimum absolute atomic E-state index is 0.0130. The molecule has 0 aliphatic heterocycles. The molecule has 2 amide bonds. The number of pyridine rings is 1. The summed E-state index contributed by atoms with van der Waals surface area (Å²) in [5.41, 5.74) is 1.58. The Morgan fingerprint density at radius 3 is 2.30 bits per heavy atom. The van der Waals surface area contributed by atoms with Crippen LogP contribution in [0.25, 0.3) is 0 Å². The maximum Gasteiger partial charge on any atom is 0.315 e. The third-order valence-corrected chi connectivity index (χ3v) is 6.42. The third kappa shape index (κ3) is 6.43. The Morgan fingerprint density at radius 2 is 1.70 bits per heavy atom. The third-order valence-electron chi connectivity index (χ3n) is 4.36. The van der Waals surface area contributed by atoms with Crippen molar-refractivity contribution < 1.29 is 17.9 Å². The zero-order valence-corrected chi connectivity index (χ0v) is 18.7. The number of carbonyl (C=O) groups excluding carboxylic acids is 1. The fourth-order valence-corrected chi connectivity index (χ4v) is 4.26. The van der Waals surface area contributed by atoms with E-state index >= 15 is 0 Å². The molecule has 0 spiro atoms. The van der Waals surface area contributed by atoms with Crippen LogP contribution in [0.3, 0.4) is 0 Å². The van der Waals surface area contributed by atoms with E-state index in [-0.39, 0.29) is 30.1 Å². The summed E-state index contributed by atoms with van der Waals surface area (Å²) < 4.78 is 32.1. The fraction of sp³-hybridized carbons (Fsp3) is 0.429. The maximum absolute atomic E-state index is 12.5. The number of urea groups is 1. The van der Waals surface area contributed by atoms with Crippen LogP contribution in [-0.2, 0) is 23.1 Å². The molecule has 2 rings (SSSR count). The van der Waals surface area contributed by atoms with Gasteiger partial charge < -0.3 is 15.4 Å². The highest BCUT2D eigenvalue weighted by Gasteiger charge is 2.21. The molecule has 1 aromatic heterocycles. The van der Waals surface area contributed by atoms with Crippen molar-refractivity contribution in [2.45, 2.75) is 51.8 Å². The van der Waals surface area contributed by atoms with Crippen LogP contribution in [-0.4, -0.2) is 42.9 Å². The van der Waals surface area contributed by atoms with Gasteiger partial charge in [0.25, 0.3) is 0 Å². The SMILES string of the molecule is CCN(CC)S(=O)(=O)c1ccc(CNC(=O)NCc2cccnc2OC(C)C)cc1. The van der Waals surface area contributed by atoms with Crippen LogP contribution in [0.5, 0.6) is 5.88 Å². The summed E-state index contributed by atoms with van der Waals surface area (Å²) in [7, 11) is -3.49. The largest absolute Gasteiger partial charge is 0.475 e. The Balaban J connectivity index is 1.90. The summed E-state index contributed by atoms with van der Waals surface area (Å²) in [6.45, 7) is 8.84. The zero-order chi connectivity index (χ0) is 22.1. The highest BCUT2D eigenvalue weighted by Crippen LogP contribution is 2.17. The van der Waals surface area contributed by atoms with Gasteiger partial charge >= 0.3 is 6.03 Å². The Bertz CT molecular complexity index is 926. The average molecular weight is 435 g/mol. The lowest BCUT2D eigenvalue weighted by molar-refractivity contribution is 0.228. The van der Waals surface area contributed by atoms with Crippen molar-refractivity contribution in [2.24, 2.45) is 0 Å². The minimum Gasteiger partial charge on any atom is -0.475 e. The van der Waals surface area contributed by atoms with E-state index in [9.17, 15) is 13.2 Å². The van der Waals surface area contributed by atoms with Crippen LogP contribution in [0, 0.1) is 0 Å². The van der Waals surface area contributed by atoms with Crippen molar-refractivity contribution in [1.29, 1.82) is 0 Å². The van der Waals surface area contributed by atoms with Gasteiger partial charge in [0.2, 0.25) is 15.9 Å². The van der Waals surface area contributed by atoms with Gasteiger partial charge in [0.1, 0.15) is 0 Å². The topological polar surface area (TPSA) is 101 Å². The van der Waals surface area contributed by atoms with Gasteiger partial charge in [-0.2, -0.15) is 4.31 Å². The molecule has 2 N–H and O–H groups in total. The predicted octanol–water partition coefficient (Wildman–Crippen LogP) is 2.90. The quantitative estimate of drug-likeness (QED) is 0.599. The van der Waals surface area contributed by atoms with E-state index in [1.165, 1.54) is 4.31 Å². The molecule has 8 nitrogen and oxygen atoms in total. The molecule has 164 valence electrons. The highest BCUT2D eigenvalue weighted by molar-refractivity contribution is 7.89. The lowest BCUT2D eigenvalue weighted by atomic mass is 10.2. The summed E-state index contributed by atoms with van der Waals surface area (Å²) in [4.78, 5) is 16.6. The van der Waals surface area contributed by atoms with Crippen LogP contribution in [0.1, 0.15) is 38.8 Å². The monoisotopic (exact) mass is 434 g/mol. The Labute approximate surface area is 178 Å². The molecule has 1 heterocycles. The molecule has 0 saturated carbocycles. The Kier molecular flexibility index (Phi) is 8.61. The van der Waals surface area contributed by atoms with Gasteiger partial charge in [-0.1, -0.05) is 32.0 Å². The summed E-state index contributed by atoms with van der Waals surface area (Å²) >= 11 is 0. The van der Waals surface area contributed by atoms with E-state index < -0.39 is 10.0 Å². The number of rotatable bonds is 10. The second kappa shape index (κ2) is 10.9. The first-order valence-corrected chi connectivity index (χ1v) is 11.4. The molecule has 30 heavy (non-hydrogen) atoms. The molecular weight excluding hydrogens is 404 g/mol. The van der Waals surface area contributed by atoms with Gasteiger partial charge in [-0.3, -0.25) is 0 Å². The van der Waals surface area contributed by atoms with E-state index in [0.29, 0.717) is 19.0 Å². The number of nitrogens with zero attached hydrogens (tertiary/aromatic N) is 2. The zero-order valence-electron chi connectivity index (χ0n) is 17.9. The molecule has 0 bridgehead atoms.